The van der Waals surface area contributed by atoms with Gasteiger partial charge in [0.25, 0.3) is 5.91 Å². The van der Waals surface area contributed by atoms with Gasteiger partial charge in [0.15, 0.2) is 11.5 Å². The van der Waals surface area contributed by atoms with Crippen molar-refractivity contribution in [3.63, 3.8) is 0 Å². The maximum absolute atomic E-state index is 11.5. The van der Waals surface area contributed by atoms with Crippen molar-refractivity contribution in [1.82, 2.24) is 15.5 Å². The summed E-state index contributed by atoms with van der Waals surface area (Å²) in [5, 5.41) is 10.6. The Bertz CT molecular complexity index is 396. The molecule has 0 bridgehead atoms. The summed E-state index contributed by atoms with van der Waals surface area (Å²) in [6, 6.07) is 3.29. The molecule has 0 saturated heterocycles. The number of nitrogens with zero attached hydrogens (tertiary/aromatic N) is 3. The second kappa shape index (κ2) is 7.65. The molecule has 0 aliphatic carbocycles. The SMILES string of the molecule is CCNC(=O)c1ccc(N(C)CC(N)COC)nn1. The lowest BCUT2D eigenvalue weighted by molar-refractivity contribution is 0.0950. The molecule has 1 aromatic rings. The number of likely N-dealkylation sites (N-methyl/N-ethyl adjacent to an activating group) is 1. The number of rotatable bonds is 7. The van der Waals surface area contributed by atoms with Crippen LogP contribution in [0.5, 0.6) is 0 Å². The monoisotopic (exact) mass is 267 g/mol. The number of ether oxygens (including phenoxy) is 1. The zero-order valence-electron chi connectivity index (χ0n) is 11.6. The van der Waals surface area contributed by atoms with Crippen molar-refractivity contribution in [3.05, 3.63) is 17.8 Å². The number of nitrogens with two attached hydrogens (primary N) is 1. The first-order valence-electron chi connectivity index (χ1n) is 6.16. The number of carbonyl (C=O) groups excluding carboxylic acids is 1. The highest BCUT2D eigenvalue weighted by Crippen LogP contribution is 2.07. The molecule has 1 unspecified atom stereocenters. The largest absolute Gasteiger partial charge is 0.383 e. The van der Waals surface area contributed by atoms with Gasteiger partial charge in [-0.05, 0) is 19.1 Å². The van der Waals surface area contributed by atoms with Crippen LogP contribution in [0.2, 0.25) is 0 Å². The van der Waals surface area contributed by atoms with E-state index in [0.29, 0.717) is 31.2 Å². The first-order chi connectivity index (χ1) is 9.08. The van der Waals surface area contributed by atoms with Gasteiger partial charge >= 0.3 is 0 Å². The Balaban J connectivity index is 2.62. The molecule has 1 heterocycles. The molecule has 1 amide bonds. The summed E-state index contributed by atoms with van der Waals surface area (Å²) in [6.07, 6.45) is 0. The van der Waals surface area contributed by atoms with E-state index in [-0.39, 0.29) is 11.9 Å². The molecule has 0 fully saturated rings. The average molecular weight is 267 g/mol. The van der Waals surface area contributed by atoms with Crippen molar-refractivity contribution < 1.29 is 9.53 Å². The van der Waals surface area contributed by atoms with Crippen LogP contribution in [0, 0.1) is 0 Å². The maximum Gasteiger partial charge on any atom is 0.271 e. The van der Waals surface area contributed by atoms with Gasteiger partial charge in [0, 0.05) is 33.3 Å². The van der Waals surface area contributed by atoms with Crippen molar-refractivity contribution in [2.24, 2.45) is 5.73 Å². The van der Waals surface area contributed by atoms with E-state index in [1.54, 1.807) is 19.2 Å². The normalized spacial score (nSPS) is 12.0. The lowest BCUT2D eigenvalue weighted by Gasteiger charge is -2.21. The first-order valence-corrected chi connectivity index (χ1v) is 6.16. The van der Waals surface area contributed by atoms with Gasteiger partial charge in [-0.1, -0.05) is 0 Å². The Morgan fingerprint density at radius 1 is 1.53 bits per heavy atom. The third-order valence-corrected chi connectivity index (χ3v) is 2.50. The van der Waals surface area contributed by atoms with Crippen molar-refractivity contribution in [3.8, 4) is 0 Å². The molecule has 106 valence electrons. The predicted octanol–water partition coefficient (Wildman–Crippen LogP) is -0.364. The summed E-state index contributed by atoms with van der Waals surface area (Å²) in [5.74, 6) is 0.444. The summed E-state index contributed by atoms with van der Waals surface area (Å²) in [7, 11) is 3.48. The molecule has 19 heavy (non-hydrogen) atoms. The number of hydrogen-bond donors (Lipinski definition) is 2. The van der Waals surface area contributed by atoms with Gasteiger partial charge in [-0.3, -0.25) is 4.79 Å². The Morgan fingerprint density at radius 3 is 2.79 bits per heavy atom. The van der Waals surface area contributed by atoms with Crippen LogP contribution in [0.4, 0.5) is 5.82 Å². The minimum atomic E-state index is -0.222. The number of methoxy groups -OCH3 is 1. The molecule has 3 N–H and O–H groups in total. The van der Waals surface area contributed by atoms with Gasteiger partial charge in [-0.2, -0.15) is 0 Å². The third kappa shape index (κ3) is 4.80. The van der Waals surface area contributed by atoms with Crippen LogP contribution < -0.4 is 16.0 Å². The molecule has 1 aromatic heterocycles. The number of hydrogen-bond acceptors (Lipinski definition) is 6. The van der Waals surface area contributed by atoms with E-state index in [2.05, 4.69) is 15.5 Å². The van der Waals surface area contributed by atoms with Crippen LogP contribution in [0.25, 0.3) is 0 Å². The molecule has 0 aliphatic heterocycles. The maximum atomic E-state index is 11.5. The topological polar surface area (TPSA) is 93.4 Å². The van der Waals surface area contributed by atoms with E-state index in [4.69, 9.17) is 10.5 Å². The van der Waals surface area contributed by atoms with E-state index in [0.717, 1.165) is 0 Å². The first kappa shape index (κ1) is 15.3. The van der Waals surface area contributed by atoms with Gasteiger partial charge in [0.2, 0.25) is 0 Å². The number of carbonyl (C=O) groups is 1. The standard InChI is InChI=1S/C12H21N5O2/c1-4-14-12(18)10-5-6-11(16-15-10)17(2)7-9(13)8-19-3/h5-6,9H,4,7-8,13H2,1-3H3,(H,14,18). The fraction of sp³-hybridized carbons (Fsp3) is 0.583. The summed E-state index contributed by atoms with van der Waals surface area (Å²) in [6.45, 7) is 3.50. The minimum absolute atomic E-state index is 0.0973. The van der Waals surface area contributed by atoms with Crippen LogP contribution in [-0.2, 0) is 4.74 Å². The van der Waals surface area contributed by atoms with Crippen LogP contribution in [-0.4, -0.2) is 56.0 Å². The predicted molar refractivity (Wildman–Crippen MR) is 73.2 cm³/mol. The van der Waals surface area contributed by atoms with Gasteiger partial charge in [0.1, 0.15) is 0 Å². The van der Waals surface area contributed by atoms with Crippen LogP contribution in [0.3, 0.4) is 0 Å². The Morgan fingerprint density at radius 2 is 2.26 bits per heavy atom. The lowest BCUT2D eigenvalue weighted by Crippen LogP contribution is -2.38. The molecule has 1 atom stereocenters. The van der Waals surface area contributed by atoms with Crippen LogP contribution >= 0.6 is 0 Å². The molecule has 1 rings (SSSR count). The summed E-state index contributed by atoms with van der Waals surface area (Å²) in [5.41, 5.74) is 6.17. The molecule has 7 heteroatoms. The fourth-order valence-electron chi connectivity index (χ4n) is 1.61. The van der Waals surface area contributed by atoms with Crippen molar-refractivity contribution in [2.45, 2.75) is 13.0 Å². The summed E-state index contributed by atoms with van der Waals surface area (Å²) >= 11 is 0. The number of aromatic nitrogens is 2. The number of anilines is 1. The van der Waals surface area contributed by atoms with Gasteiger partial charge < -0.3 is 20.7 Å². The molecule has 0 spiro atoms. The second-order valence-corrected chi connectivity index (χ2v) is 4.23. The fourth-order valence-corrected chi connectivity index (χ4v) is 1.61. The highest BCUT2D eigenvalue weighted by Gasteiger charge is 2.11. The van der Waals surface area contributed by atoms with Crippen LogP contribution in [0.1, 0.15) is 17.4 Å². The quantitative estimate of drug-likeness (QED) is 0.700. The molecule has 0 aromatic carbocycles. The smallest absolute Gasteiger partial charge is 0.271 e. The molecule has 0 aliphatic rings. The summed E-state index contributed by atoms with van der Waals surface area (Å²) < 4.78 is 4.98. The molecular formula is C12H21N5O2. The van der Waals surface area contributed by atoms with E-state index in [9.17, 15) is 4.79 Å². The summed E-state index contributed by atoms with van der Waals surface area (Å²) in [4.78, 5) is 13.4. The Hall–Kier alpha value is -1.73. The number of nitrogens with one attached hydrogen (secondary N) is 1. The van der Waals surface area contributed by atoms with Crippen molar-refractivity contribution >= 4 is 11.7 Å². The van der Waals surface area contributed by atoms with Gasteiger partial charge in [-0.25, -0.2) is 0 Å². The third-order valence-electron chi connectivity index (χ3n) is 2.50. The van der Waals surface area contributed by atoms with Gasteiger partial charge in [0.05, 0.1) is 6.61 Å². The van der Waals surface area contributed by atoms with E-state index < -0.39 is 0 Å². The number of amides is 1. The Kier molecular flexibility index (Phi) is 6.17. The van der Waals surface area contributed by atoms with E-state index in [1.807, 2.05) is 18.9 Å². The average Bonchev–Trinajstić information content (AvgIpc) is 2.39. The molecular weight excluding hydrogens is 246 g/mol. The van der Waals surface area contributed by atoms with E-state index >= 15 is 0 Å². The molecule has 0 radical (unpaired) electrons. The van der Waals surface area contributed by atoms with Gasteiger partial charge in [-0.15, -0.1) is 10.2 Å². The zero-order valence-corrected chi connectivity index (χ0v) is 11.6. The Labute approximate surface area is 113 Å². The van der Waals surface area contributed by atoms with Crippen LogP contribution in [0.15, 0.2) is 12.1 Å². The highest BCUT2D eigenvalue weighted by molar-refractivity contribution is 5.92. The second-order valence-electron chi connectivity index (χ2n) is 4.23. The molecule has 7 nitrogen and oxygen atoms in total. The lowest BCUT2D eigenvalue weighted by atomic mass is 10.3. The van der Waals surface area contributed by atoms with Crippen molar-refractivity contribution in [2.75, 3.05) is 38.8 Å². The zero-order chi connectivity index (χ0) is 14.3. The van der Waals surface area contributed by atoms with Crippen molar-refractivity contribution in [1.29, 1.82) is 0 Å². The minimum Gasteiger partial charge on any atom is -0.383 e. The highest BCUT2D eigenvalue weighted by atomic mass is 16.5. The van der Waals surface area contributed by atoms with E-state index in [1.165, 1.54) is 0 Å². The molecule has 0 saturated carbocycles.